The molecule has 1 nitrogen and oxygen atoms in total. The van der Waals surface area contributed by atoms with Crippen molar-refractivity contribution < 1.29 is 4.74 Å². The second-order valence-corrected chi connectivity index (χ2v) is 7.19. The SMILES string of the molecule is C=CCOC(C)[C@H]1CC[C@H](C2CCC(CC)CC2)CC1. The highest BCUT2D eigenvalue weighted by molar-refractivity contribution is 4.83. The zero-order valence-electron chi connectivity index (χ0n) is 13.7. The van der Waals surface area contributed by atoms with Gasteiger partial charge in [0, 0.05) is 0 Å². The summed E-state index contributed by atoms with van der Waals surface area (Å²) in [5.74, 6) is 3.90. The van der Waals surface area contributed by atoms with Gasteiger partial charge in [-0.3, -0.25) is 0 Å². The molecule has 2 saturated carbocycles. The van der Waals surface area contributed by atoms with Gasteiger partial charge in [0.2, 0.25) is 0 Å². The number of hydrogen-bond donors (Lipinski definition) is 0. The zero-order valence-corrected chi connectivity index (χ0v) is 13.7. The highest BCUT2D eigenvalue weighted by Gasteiger charge is 2.32. The maximum atomic E-state index is 5.82. The molecule has 0 aromatic heterocycles. The lowest BCUT2D eigenvalue weighted by molar-refractivity contribution is 0.0154. The van der Waals surface area contributed by atoms with Crippen molar-refractivity contribution in [2.75, 3.05) is 6.61 Å². The lowest BCUT2D eigenvalue weighted by Crippen LogP contribution is -2.30. The van der Waals surface area contributed by atoms with Gasteiger partial charge in [-0.25, -0.2) is 0 Å². The van der Waals surface area contributed by atoms with E-state index in [2.05, 4.69) is 20.4 Å². The van der Waals surface area contributed by atoms with Gasteiger partial charge in [0.15, 0.2) is 0 Å². The van der Waals surface area contributed by atoms with Crippen molar-refractivity contribution in [2.45, 2.75) is 77.7 Å². The Morgan fingerprint density at radius 1 is 1.00 bits per heavy atom. The van der Waals surface area contributed by atoms with E-state index in [4.69, 9.17) is 4.74 Å². The second-order valence-electron chi connectivity index (χ2n) is 7.19. The summed E-state index contributed by atoms with van der Waals surface area (Å²) >= 11 is 0. The van der Waals surface area contributed by atoms with E-state index in [0.29, 0.717) is 12.7 Å². The molecule has 0 N–H and O–H groups in total. The van der Waals surface area contributed by atoms with E-state index in [1.165, 1.54) is 57.8 Å². The van der Waals surface area contributed by atoms with Crippen LogP contribution in [0.2, 0.25) is 0 Å². The van der Waals surface area contributed by atoms with Crippen molar-refractivity contribution in [1.29, 1.82) is 0 Å². The summed E-state index contributed by atoms with van der Waals surface area (Å²) < 4.78 is 5.82. The average Bonchev–Trinajstić information content (AvgIpc) is 2.53. The van der Waals surface area contributed by atoms with Crippen LogP contribution in [0.3, 0.4) is 0 Å². The average molecular weight is 278 g/mol. The van der Waals surface area contributed by atoms with Crippen molar-refractivity contribution in [2.24, 2.45) is 23.7 Å². The lowest BCUT2D eigenvalue weighted by atomic mass is 9.68. The van der Waals surface area contributed by atoms with Gasteiger partial charge in [0.1, 0.15) is 0 Å². The molecule has 2 fully saturated rings. The van der Waals surface area contributed by atoms with Gasteiger partial charge in [0.25, 0.3) is 0 Å². The van der Waals surface area contributed by atoms with E-state index in [-0.39, 0.29) is 0 Å². The Morgan fingerprint density at radius 3 is 2.05 bits per heavy atom. The normalized spacial score (nSPS) is 36.5. The minimum atomic E-state index is 0.421. The van der Waals surface area contributed by atoms with Crippen LogP contribution in [-0.4, -0.2) is 12.7 Å². The number of ether oxygens (including phenoxy) is 1. The summed E-state index contributed by atoms with van der Waals surface area (Å²) in [6.45, 7) is 9.06. The molecule has 2 rings (SSSR count). The molecule has 0 saturated heterocycles. The fourth-order valence-electron chi connectivity index (χ4n) is 4.51. The summed E-state index contributed by atoms with van der Waals surface area (Å²) in [6, 6.07) is 0. The first-order valence-electron chi connectivity index (χ1n) is 8.97. The van der Waals surface area contributed by atoms with Crippen LogP contribution in [0.4, 0.5) is 0 Å². The van der Waals surface area contributed by atoms with Crippen LogP contribution in [0.15, 0.2) is 12.7 Å². The summed E-state index contributed by atoms with van der Waals surface area (Å²) in [6.07, 6.45) is 15.4. The molecule has 2 aliphatic rings. The first-order chi connectivity index (χ1) is 9.74. The summed E-state index contributed by atoms with van der Waals surface area (Å²) in [5, 5.41) is 0. The Labute approximate surface area is 126 Å². The molecule has 0 spiro atoms. The molecule has 1 unspecified atom stereocenters. The largest absolute Gasteiger partial charge is 0.374 e. The molecule has 0 bridgehead atoms. The molecule has 20 heavy (non-hydrogen) atoms. The van der Waals surface area contributed by atoms with Gasteiger partial charge < -0.3 is 4.74 Å². The van der Waals surface area contributed by atoms with Crippen molar-refractivity contribution >= 4 is 0 Å². The molecule has 0 radical (unpaired) electrons. The van der Waals surface area contributed by atoms with Gasteiger partial charge in [0.05, 0.1) is 12.7 Å². The van der Waals surface area contributed by atoms with Crippen molar-refractivity contribution in [3.05, 3.63) is 12.7 Å². The van der Waals surface area contributed by atoms with E-state index in [0.717, 1.165) is 23.7 Å². The van der Waals surface area contributed by atoms with Gasteiger partial charge in [-0.2, -0.15) is 0 Å². The second kappa shape index (κ2) is 8.22. The van der Waals surface area contributed by atoms with Crippen molar-refractivity contribution in [3.63, 3.8) is 0 Å². The minimum absolute atomic E-state index is 0.421. The highest BCUT2D eigenvalue weighted by atomic mass is 16.5. The third-order valence-electron chi connectivity index (χ3n) is 6.09. The summed E-state index contributed by atoms with van der Waals surface area (Å²) in [7, 11) is 0. The van der Waals surface area contributed by atoms with Crippen molar-refractivity contribution in [3.8, 4) is 0 Å². The minimum Gasteiger partial charge on any atom is -0.374 e. The molecule has 2 aliphatic carbocycles. The van der Waals surface area contributed by atoms with E-state index in [1.807, 2.05) is 6.08 Å². The Hall–Kier alpha value is -0.300. The third-order valence-corrected chi connectivity index (χ3v) is 6.09. The van der Waals surface area contributed by atoms with Crippen LogP contribution >= 0.6 is 0 Å². The molecule has 0 aromatic carbocycles. The summed E-state index contributed by atoms with van der Waals surface area (Å²) in [4.78, 5) is 0. The standard InChI is InChI=1S/C19H34O/c1-4-14-20-15(3)17-10-12-19(13-11-17)18-8-6-16(5-2)7-9-18/h4,15-19H,1,5-14H2,2-3H3/t15?,16?,17-,18?,19-. The fourth-order valence-corrected chi connectivity index (χ4v) is 4.51. The molecule has 116 valence electrons. The number of hydrogen-bond acceptors (Lipinski definition) is 1. The maximum Gasteiger partial charge on any atom is 0.0648 e. The Balaban J connectivity index is 1.70. The topological polar surface area (TPSA) is 9.23 Å². The predicted octanol–water partition coefficient (Wildman–Crippen LogP) is 5.60. The molecule has 1 atom stereocenters. The van der Waals surface area contributed by atoms with Crippen LogP contribution < -0.4 is 0 Å². The number of rotatable bonds is 6. The van der Waals surface area contributed by atoms with Crippen LogP contribution in [-0.2, 0) is 4.74 Å². The van der Waals surface area contributed by atoms with Gasteiger partial charge in [-0.05, 0) is 69.1 Å². The Morgan fingerprint density at radius 2 is 1.55 bits per heavy atom. The molecule has 0 aromatic rings. The molecular weight excluding hydrogens is 244 g/mol. The van der Waals surface area contributed by atoms with E-state index < -0.39 is 0 Å². The molecule has 1 heteroatoms. The van der Waals surface area contributed by atoms with Crippen LogP contribution in [0.5, 0.6) is 0 Å². The van der Waals surface area contributed by atoms with Gasteiger partial charge in [-0.1, -0.05) is 32.3 Å². The zero-order chi connectivity index (χ0) is 14.4. The Bertz CT molecular complexity index is 269. The van der Waals surface area contributed by atoms with Crippen LogP contribution in [0, 0.1) is 23.7 Å². The van der Waals surface area contributed by atoms with Crippen LogP contribution in [0.25, 0.3) is 0 Å². The van der Waals surface area contributed by atoms with Gasteiger partial charge >= 0.3 is 0 Å². The van der Waals surface area contributed by atoms with E-state index >= 15 is 0 Å². The predicted molar refractivity (Wildman–Crippen MR) is 86.8 cm³/mol. The molecule has 0 aliphatic heterocycles. The smallest absolute Gasteiger partial charge is 0.0648 e. The summed E-state index contributed by atoms with van der Waals surface area (Å²) in [5.41, 5.74) is 0. The Kier molecular flexibility index (Phi) is 6.61. The maximum absolute atomic E-state index is 5.82. The third kappa shape index (κ3) is 4.35. The van der Waals surface area contributed by atoms with Crippen molar-refractivity contribution in [1.82, 2.24) is 0 Å². The monoisotopic (exact) mass is 278 g/mol. The molecule has 0 heterocycles. The quantitative estimate of drug-likeness (QED) is 0.575. The molecular formula is C19H34O. The lowest BCUT2D eigenvalue weighted by Gasteiger charge is -2.39. The van der Waals surface area contributed by atoms with E-state index in [9.17, 15) is 0 Å². The van der Waals surface area contributed by atoms with E-state index in [1.54, 1.807) is 0 Å². The first kappa shape index (κ1) is 16.1. The fraction of sp³-hybridized carbons (Fsp3) is 0.895. The van der Waals surface area contributed by atoms with Crippen LogP contribution in [0.1, 0.15) is 71.6 Å². The highest BCUT2D eigenvalue weighted by Crippen LogP contribution is 2.42. The molecule has 0 amide bonds. The first-order valence-corrected chi connectivity index (χ1v) is 8.97. The van der Waals surface area contributed by atoms with Gasteiger partial charge in [-0.15, -0.1) is 6.58 Å².